The van der Waals surface area contributed by atoms with Gasteiger partial charge in [0.25, 0.3) is 0 Å². The molecule has 0 aromatic heterocycles. The fraction of sp³-hybridized carbons (Fsp3) is 0.909. The van der Waals surface area contributed by atoms with Gasteiger partial charge in [-0.25, -0.2) is 12.7 Å². The molecule has 0 saturated carbocycles. The van der Waals surface area contributed by atoms with Crippen molar-refractivity contribution in [1.82, 2.24) is 9.21 Å². The Morgan fingerprint density at radius 2 is 2.17 bits per heavy atom. The third-order valence-corrected chi connectivity index (χ3v) is 4.50. The summed E-state index contributed by atoms with van der Waals surface area (Å²) in [5, 5.41) is 8.60. The van der Waals surface area contributed by atoms with Crippen molar-refractivity contribution in [2.45, 2.75) is 19.3 Å². The summed E-state index contributed by atoms with van der Waals surface area (Å²) < 4.78 is 24.5. The van der Waals surface area contributed by atoms with Crippen molar-refractivity contribution in [3.63, 3.8) is 0 Å². The molecule has 18 heavy (non-hydrogen) atoms. The number of hydrogen-bond donors (Lipinski definition) is 1. The monoisotopic (exact) mass is 278 g/mol. The second-order valence-corrected chi connectivity index (χ2v) is 7.02. The van der Waals surface area contributed by atoms with Crippen molar-refractivity contribution < 1.29 is 18.3 Å². The van der Waals surface area contributed by atoms with E-state index in [-0.39, 0.29) is 6.42 Å². The molecule has 1 fully saturated rings. The Labute approximate surface area is 109 Å². The van der Waals surface area contributed by atoms with Crippen molar-refractivity contribution >= 4 is 16.0 Å². The normalized spacial score (nSPS) is 22.3. The van der Waals surface area contributed by atoms with Gasteiger partial charge in [0.2, 0.25) is 10.0 Å². The summed E-state index contributed by atoms with van der Waals surface area (Å²) in [4.78, 5) is 12.4. The van der Waals surface area contributed by atoms with Crippen molar-refractivity contribution in [2.24, 2.45) is 5.92 Å². The van der Waals surface area contributed by atoms with Gasteiger partial charge >= 0.3 is 5.97 Å². The Balaban J connectivity index is 2.40. The van der Waals surface area contributed by atoms with Crippen LogP contribution in [-0.4, -0.2) is 68.2 Å². The first-order chi connectivity index (χ1) is 8.29. The number of carboxylic acid groups (broad SMARTS) is 1. The highest BCUT2D eigenvalue weighted by Gasteiger charge is 2.26. The Morgan fingerprint density at radius 3 is 2.72 bits per heavy atom. The van der Waals surface area contributed by atoms with Crippen LogP contribution in [0.25, 0.3) is 0 Å². The molecule has 1 aliphatic rings. The van der Waals surface area contributed by atoms with Gasteiger partial charge in [0, 0.05) is 26.2 Å². The van der Waals surface area contributed by atoms with Crippen molar-refractivity contribution in [3.8, 4) is 0 Å². The Kier molecular flexibility index (Phi) is 5.55. The quantitative estimate of drug-likeness (QED) is 0.743. The van der Waals surface area contributed by atoms with Gasteiger partial charge in [-0.1, -0.05) is 0 Å². The molecule has 0 amide bonds. The van der Waals surface area contributed by atoms with Crippen molar-refractivity contribution in [1.29, 1.82) is 0 Å². The maximum Gasteiger partial charge on any atom is 0.304 e. The third kappa shape index (κ3) is 5.32. The molecule has 0 bridgehead atoms. The number of nitrogens with zero attached hydrogens (tertiary/aromatic N) is 2. The lowest BCUT2D eigenvalue weighted by Gasteiger charge is -2.33. The maximum absolute atomic E-state index is 11.5. The molecule has 0 aromatic rings. The van der Waals surface area contributed by atoms with E-state index in [1.165, 1.54) is 10.6 Å². The molecule has 1 aliphatic heterocycles. The van der Waals surface area contributed by atoms with Crippen LogP contribution in [0.5, 0.6) is 0 Å². The van der Waals surface area contributed by atoms with E-state index in [2.05, 4.69) is 0 Å². The Morgan fingerprint density at radius 1 is 1.50 bits per heavy atom. The predicted octanol–water partition coefficient (Wildman–Crippen LogP) is 0.0645. The van der Waals surface area contributed by atoms with Crippen LogP contribution in [0.1, 0.15) is 19.3 Å². The van der Waals surface area contributed by atoms with E-state index in [0.717, 1.165) is 19.4 Å². The maximum atomic E-state index is 11.5. The fourth-order valence-corrected chi connectivity index (χ4v) is 3.24. The number of rotatable bonds is 6. The number of carboxylic acids is 1. The zero-order chi connectivity index (χ0) is 13.8. The number of piperidine rings is 1. The topological polar surface area (TPSA) is 77.9 Å². The van der Waals surface area contributed by atoms with E-state index in [1.54, 1.807) is 0 Å². The molecule has 1 rings (SSSR count). The van der Waals surface area contributed by atoms with Crippen LogP contribution in [-0.2, 0) is 14.8 Å². The van der Waals surface area contributed by atoms with Crippen molar-refractivity contribution in [2.75, 3.05) is 39.5 Å². The zero-order valence-electron chi connectivity index (χ0n) is 11.0. The second kappa shape index (κ2) is 6.49. The van der Waals surface area contributed by atoms with Gasteiger partial charge in [0.05, 0.1) is 12.7 Å². The molecule has 0 aliphatic carbocycles. The summed E-state index contributed by atoms with van der Waals surface area (Å²) in [5.74, 6) is -0.504. The Hall–Kier alpha value is -0.660. The van der Waals surface area contributed by atoms with Crippen LogP contribution < -0.4 is 0 Å². The van der Waals surface area contributed by atoms with Crippen LogP contribution in [0.4, 0.5) is 0 Å². The van der Waals surface area contributed by atoms with Gasteiger partial charge < -0.3 is 10.0 Å². The van der Waals surface area contributed by atoms with Crippen molar-refractivity contribution in [3.05, 3.63) is 0 Å². The van der Waals surface area contributed by atoms with E-state index >= 15 is 0 Å². The molecule has 1 heterocycles. The van der Waals surface area contributed by atoms with Gasteiger partial charge in [-0.05, 0) is 25.8 Å². The lowest BCUT2D eigenvalue weighted by Crippen LogP contribution is -2.42. The molecule has 1 unspecified atom stereocenters. The smallest absolute Gasteiger partial charge is 0.304 e. The standard InChI is InChI=1S/C11H22N2O4S/c1-12(7-5-11(14)15)8-10-4-3-6-13(9-10)18(2,16)17/h10H,3-9H2,1-2H3,(H,14,15). The average Bonchev–Trinajstić information content (AvgIpc) is 2.25. The summed E-state index contributed by atoms with van der Waals surface area (Å²) in [6, 6.07) is 0. The molecule has 1 atom stereocenters. The van der Waals surface area contributed by atoms with E-state index in [1.807, 2.05) is 11.9 Å². The molecule has 1 saturated heterocycles. The molecule has 106 valence electrons. The van der Waals surface area contributed by atoms with Gasteiger partial charge in [0.1, 0.15) is 0 Å². The second-order valence-electron chi connectivity index (χ2n) is 5.04. The summed E-state index contributed by atoms with van der Waals surface area (Å²) >= 11 is 0. The van der Waals surface area contributed by atoms with Gasteiger partial charge in [0.15, 0.2) is 0 Å². The summed E-state index contributed by atoms with van der Waals surface area (Å²) in [6.07, 6.45) is 3.25. The predicted molar refractivity (Wildman–Crippen MR) is 68.9 cm³/mol. The molecule has 0 aromatic carbocycles. The van der Waals surface area contributed by atoms with E-state index in [9.17, 15) is 13.2 Å². The first kappa shape index (κ1) is 15.4. The lowest BCUT2D eigenvalue weighted by molar-refractivity contribution is -0.137. The summed E-state index contributed by atoms with van der Waals surface area (Å²) in [6.45, 7) is 2.41. The van der Waals surface area contributed by atoms with Crippen LogP contribution in [0, 0.1) is 5.92 Å². The lowest BCUT2D eigenvalue weighted by atomic mass is 9.99. The first-order valence-electron chi connectivity index (χ1n) is 6.14. The van der Waals surface area contributed by atoms with Gasteiger partial charge in [-0.15, -0.1) is 0 Å². The molecule has 7 heteroatoms. The van der Waals surface area contributed by atoms with E-state index in [0.29, 0.717) is 25.6 Å². The number of carbonyl (C=O) groups is 1. The SMILES string of the molecule is CN(CCC(=O)O)CC1CCCN(S(C)(=O)=O)C1. The molecular weight excluding hydrogens is 256 g/mol. The van der Waals surface area contributed by atoms with Gasteiger partial charge in [-0.3, -0.25) is 4.79 Å². The van der Waals surface area contributed by atoms with Gasteiger partial charge in [-0.2, -0.15) is 0 Å². The largest absolute Gasteiger partial charge is 0.481 e. The molecule has 1 N–H and O–H groups in total. The Bertz CT molecular complexity index is 383. The minimum atomic E-state index is -3.10. The molecular formula is C11H22N2O4S. The van der Waals surface area contributed by atoms with E-state index in [4.69, 9.17) is 5.11 Å². The van der Waals surface area contributed by atoms with Crippen LogP contribution >= 0.6 is 0 Å². The zero-order valence-corrected chi connectivity index (χ0v) is 11.8. The average molecular weight is 278 g/mol. The molecule has 0 spiro atoms. The number of hydrogen-bond acceptors (Lipinski definition) is 4. The number of sulfonamides is 1. The fourth-order valence-electron chi connectivity index (χ4n) is 2.30. The highest BCUT2D eigenvalue weighted by molar-refractivity contribution is 7.88. The van der Waals surface area contributed by atoms with Crippen LogP contribution in [0.2, 0.25) is 0 Å². The highest BCUT2D eigenvalue weighted by atomic mass is 32.2. The summed E-state index contributed by atoms with van der Waals surface area (Å²) in [7, 11) is -1.22. The minimum Gasteiger partial charge on any atom is -0.481 e. The van der Waals surface area contributed by atoms with Crippen LogP contribution in [0.15, 0.2) is 0 Å². The molecule has 0 radical (unpaired) electrons. The molecule has 6 nitrogen and oxygen atoms in total. The minimum absolute atomic E-state index is 0.124. The van der Waals surface area contributed by atoms with E-state index < -0.39 is 16.0 Å². The highest BCUT2D eigenvalue weighted by Crippen LogP contribution is 2.19. The summed E-state index contributed by atoms with van der Waals surface area (Å²) in [5.41, 5.74) is 0. The third-order valence-electron chi connectivity index (χ3n) is 3.23. The van der Waals surface area contributed by atoms with Crippen LogP contribution in [0.3, 0.4) is 0 Å². The number of aliphatic carboxylic acids is 1. The first-order valence-corrected chi connectivity index (χ1v) is 7.99.